The molecule has 0 unspecified atom stereocenters. The first-order chi connectivity index (χ1) is 14.2. The summed E-state index contributed by atoms with van der Waals surface area (Å²) in [5.41, 5.74) is 5.98. The first kappa shape index (κ1) is 17.7. The summed E-state index contributed by atoms with van der Waals surface area (Å²) in [5.74, 6) is 1.33. The van der Waals surface area contributed by atoms with Gasteiger partial charge in [-0.3, -0.25) is 10.1 Å². The maximum atomic E-state index is 11.4. The fraction of sp³-hybridized carbons (Fsp3) is 0.250. The second-order valence-electron chi connectivity index (χ2n) is 7.70. The quantitative estimate of drug-likeness (QED) is 0.477. The molecule has 0 radical (unpaired) electrons. The lowest BCUT2D eigenvalue weighted by atomic mass is 9.75. The molecule has 146 valence electrons. The van der Waals surface area contributed by atoms with Gasteiger partial charge in [-0.1, -0.05) is 36.4 Å². The topological polar surface area (TPSA) is 64.4 Å². The van der Waals surface area contributed by atoms with Crippen LogP contribution >= 0.6 is 0 Å². The number of ether oxygens (including phenoxy) is 1. The van der Waals surface area contributed by atoms with Gasteiger partial charge >= 0.3 is 0 Å². The molecule has 0 fully saturated rings. The maximum Gasteiger partial charge on any atom is 0.269 e. The minimum atomic E-state index is -0.311. The summed E-state index contributed by atoms with van der Waals surface area (Å²) in [5, 5.41) is 15.0. The Labute approximate surface area is 169 Å². The Morgan fingerprint density at radius 3 is 2.62 bits per heavy atom. The first-order valence-electron chi connectivity index (χ1n) is 10.0. The molecule has 0 amide bonds. The molecular weight excluding hydrogens is 364 g/mol. The maximum absolute atomic E-state index is 11.4. The summed E-state index contributed by atoms with van der Waals surface area (Å²) in [6, 6.07) is 22.1. The number of hydrogen-bond donors (Lipinski definition) is 1. The van der Waals surface area contributed by atoms with Gasteiger partial charge in [0.25, 0.3) is 5.69 Å². The average molecular weight is 386 g/mol. The highest BCUT2D eigenvalue weighted by molar-refractivity contribution is 5.65. The van der Waals surface area contributed by atoms with Crippen LogP contribution in [0.25, 0.3) is 0 Å². The van der Waals surface area contributed by atoms with E-state index in [1.54, 1.807) is 12.1 Å². The van der Waals surface area contributed by atoms with Crippen LogP contribution in [0.2, 0.25) is 0 Å². The Bertz CT molecular complexity index is 1080. The van der Waals surface area contributed by atoms with E-state index < -0.39 is 0 Å². The van der Waals surface area contributed by atoms with Crippen molar-refractivity contribution in [2.24, 2.45) is 5.92 Å². The largest absolute Gasteiger partial charge is 0.494 e. The summed E-state index contributed by atoms with van der Waals surface area (Å²) in [4.78, 5) is 11.1. The second kappa shape index (κ2) is 6.92. The number of nitrogens with zero attached hydrogens (tertiary/aromatic N) is 1. The number of fused-ring (bicyclic) bond motifs is 5. The van der Waals surface area contributed by atoms with Crippen LogP contribution in [-0.4, -0.2) is 11.5 Å². The molecule has 5 rings (SSSR count). The summed E-state index contributed by atoms with van der Waals surface area (Å²) in [6.07, 6.45) is 0.952. The van der Waals surface area contributed by atoms with E-state index in [0.717, 1.165) is 23.4 Å². The number of nitro groups is 1. The zero-order valence-electron chi connectivity index (χ0n) is 16.2. The molecule has 5 nitrogen and oxygen atoms in total. The standard InChI is InChI=1S/C24H22N2O3/c1-2-29-18-10-7-15(8-11-18)24-21-13-16-5-3-4-6-19(16)23(21)20-14-17(26(27)28)9-12-22(20)25-24/h3-12,14,21,23-25H,2,13H2,1H3/t21-,23-,24-/m0/s1. The monoisotopic (exact) mass is 386 g/mol. The van der Waals surface area contributed by atoms with Crippen molar-refractivity contribution in [2.45, 2.75) is 25.3 Å². The molecule has 2 aliphatic rings. The van der Waals surface area contributed by atoms with E-state index in [0.29, 0.717) is 12.5 Å². The van der Waals surface area contributed by atoms with E-state index in [-0.39, 0.29) is 22.6 Å². The fourth-order valence-electron chi connectivity index (χ4n) is 4.93. The predicted octanol–water partition coefficient (Wildman–Crippen LogP) is 5.46. The van der Waals surface area contributed by atoms with Gasteiger partial charge in [0.1, 0.15) is 5.75 Å². The van der Waals surface area contributed by atoms with Crippen LogP contribution in [-0.2, 0) is 6.42 Å². The van der Waals surface area contributed by atoms with Crippen LogP contribution in [0.5, 0.6) is 5.75 Å². The van der Waals surface area contributed by atoms with Crippen molar-refractivity contribution >= 4 is 11.4 Å². The first-order valence-corrected chi connectivity index (χ1v) is 10.0. The van der Waals surface area contributed by atoms with E-state index >= 15 is 0 Å². The van der Waals surface area contributed by atoms with Gasteiger partial charge in [0, 0.05) is 23.7 Å². The van der Waals surface area contributed by atoms with Gasteiger partial charge in [0.2, 0.25) is 0 Å². The Hall–Kier alpha value is -3.34. The van der Waals surface area contributed by atoms with Crippen LogP contribution in [0, 0.1) is 16.0 Å². The van der Waals surface area contributed by atoms with Crippen molar-refractivity contribution in [3.63, 3.8) is 0 Å². The summed E-state index contributed by atoms with van der Waals surface area (Å²) >= 11 is 0. The van der Waals surface area contributed by atoms with Crippen molar-refractivity contribution in [1.29, 1.82) is 0 Å². The van der Waals surface area contributed by atoms with E-state index in [4.69, 9.17) is 4.74 Å². The molecule has 0 saturated carbocycles. The van der Waals surface area contributed by atoms with Crippen LogP contribution in [0.4, 0.5) is 11.4 Å². The van der Waals surface area contributed by atoms with Gasteiger partial charge in [-0.15, -0.1) is 0 Å². The molecular formula is C24H22N2O3. The Morgan fingerprint density at radius 1 is 1.07 bits per heavy atom. The van der Waals surface area contributed by atoms with Crippen molar-refractivity contribution in [2.75, 3.05) is 11.9 Å². The number of rotatable bonds is 4. The zero-order valence-corrected chi connectivity index (χ0v) is 16.2. The van der Waals surface area contributed by atoms with Crippen LogP contribution < -0.4 is 10.1 Å². The normalized spacial score (nSPS) is 21.5. The van der Waals surface area contributed by atoms with E-state index in [1.165, 1.54) is 16.7 Å². The van der Waals surface area contributed by atoms with Crippen molar-refractivity contribution in [3.05, 3.63) is 99.1 Å². The van der Waals surface area contributed by atoms with E-state index in [2.05, 4.69) is 41.7 Å². The van der Waals surface area contributed by atoms with Crippen LogP contribution in [0.3, 0.4) is 0 Å². The lowest BCUT2D eigenvalue weighted by molar-refractivity contribution is -0.384. The van der Waals surface area contributed by atoms with Crippen molar-refractivity contribution < 1.29 is 9.66 Å². The predicted molar refractivity (Wildman–Crippen MR) is 113 cm³/mol. The summed E-state index contributed by atoms with van der Waals surface area (Å²) < 4.78 is 5.59. The van der Waals surface area contributed by atoms with Crippen molar-refractivity contribution in [3.8, 4) is 5.75 Å². The van der Waals surface area contributed by atoms with Gasteiger partial charge in [-0.05, 0) is 59.7 Å². The molecule has 0 aromatic heterocycles. The lowest BCUT2D eigenvalue weighted by Crippen LogP contribution is -2.30. The smallest absolute Gasteiger partial charge is 0.269 e. The molecule has 1 aliphatic heterocycles. The lowest BCUT2D eigenvalue weighted by Gasteiger charge is -2.38. The average Bonchev–Trinajstić information content (AvgIpc) is 3.13. The molecule has 1 N–H and O–H groups in total. The summed E-state index contributed by atoms with van der Waals surface area (Å²) in [6.45, 7) is 2.63. The number of benzene rings is 3. The van der Waals surface area contributed by atoms with Crippen molar-refractivity contribution in [1.82, 2.24) is 0 Å². The third-order valence-electron chi connectivity index (χ3n) is 6.14. The van der Waals surface area contributed by atoms with Crippen LogP contribution in [0.15, 0.2) is 66.7 Å². The van der Waals surface area contributed by atoms with Gasteiger partial charge in [-0.25, -0.2) is 0 Å². The Balaban J connectivity index is 1.61. The molecule has 3 aromatic carbocycles. The highest BCUT2D eigenvalue weighted by Gasteiger charge is 2.43. The van der Waals surface area contributed by atoms with Gasteiger partial charge in [0.15, 0.2) is 0 Å². The molecule has 1 heterocycles. The molecule has 0 bridgehead atoms. The number of nitrogens with one attached hydrogen (secondary N) is 1. The molecule has 0 spiro atoms. The zero-order chi connectivity index (χ0) is 20.0. The van der Waals surface area contributed by atoms with E-state index in [1.807, 2.05) is 25.1 Å². The van der Waals surface area contributed by atoms with Crippen LogP contribution in [0.1, 0.15) is 41.1 Å². The van der Waals surface area contributed by atoms with Gasteiger partial charge < -0.3 is 10.1 Å². The molecule has 5 heteroatoms. The SMILES string of the molecule is CCOc1ccc([C@@H]2Nc3ccc([N+](=O)[O-])cc3[C@@H]3c4ccccc4C[C@@H]32)cc1. The fourth-order valence-corrected chi connectivity index (χ4v) is 4.93. The molecule has 3 aromatic rings. The number of anilines is 1. The molecule has 29 heavy (non-hydrogen) atoms. The Kier molecular flexibility index (Phi) is 4.23. The second-order valence-corrected chi connectivity index (χ2v) is 7.70. The highest BCUT2D eigenvalue weighted by atomic mass is 16.6. The Morgan fingerprint density at radius 2 is 1.86 bits per heavy atom. The number of hydrogen-bond acceptors (Lipinski definition) is 4. The summed E-state index contributed by atoms with van der Waals surface area (Å²) in [7, 11) is 0. The van der Waals surface area contributed by atoms with E-state index in [9.17, 15) is 10.1 Å². The molecule has 0 saturated heterocycles. The number of nitro benzene ring substituents is 1. The highest BCUT2D eigenvalue weighted by Crippen LogP contribution is 2.54. The van der Waals surface area contributed by atoms with Gasteiger partial charge in [-0.2, -0.15) is 0 Å². The minimum absolute atomic E-state index is 0.136. The number of non-ortho nitro benzene ring substituents is 1. The third-order valence-corrected chi connectivity index (χ3v) is 6.14. The molecule has 1 aliphatic carbocycles. The third kappa shape index (κ3) is 2.94. The van der Waals surface area contributed by atoms with Gasteiger partial charge in [0.05, 0.1) is 17.6 Å². The molecule has 3 atom stereocenters. The minimum Gasteiger partial charge on any atom is -0.494 e.